The number of carbonyl (C=O) groups is 2. The van der Waals surface area contributed by atoms with Crippen LogP contribution in [0.25, 0.3) is 0 Å². The molecule has 1 rings (SSSR count). The van der Waals surface area contributed by atoms with Gasteiger partial charge in [0.1, 0.15) is 0 Å². The molecule has 0 aliphatic heterocycles. The lowest BCUT2D eigenvalue weighted by Crippen LogP contribution is -2.42. The van der Waals surface area contributed by atoms with E-state index in [4.69, 9.17) is 0 Å². The van der Waals surface area contributed by atoms with Gasteiger partial charge in [-0.05, 0) is 31.7 Å². The van der Waals surface area contributed by atoms with E-state index in [1.54, 1.807) is 6.92 Å². The van der Waals surface area contributed by atoms with Crippen LogP contribution in [-0.4, -0.2) is 24.5 Å². The van der Waals surface area contributed by atoms with Crippen LogP contribution in [0.5, 0.6) is 0 Å². The Bertz CT molecular complexity index is 417. The number of esters is 1. The van der Waals surface area contributed by atoms with Gasteiger partial charge in [-0.25, -0.2) is 4.79 Å². The van der Waals surface area contributed by atoms with Crippen molar-refractivity contribution in [3.05, 3.63) is 35.9 Å². The summed E-state index contributed by atoms with van der Waals surface area (Å²) in [5.41, 5.74) is 1.22. The van der Waals surface area contributed by atoms with Crippen LogP contribution in [0.3, 0.4) is 0 Å². The highest BCUT2D eigenvalue weighted by atomic mass is 16.5. The van der Waals surface area contributed by atoms with Gasteiger partial charge in [-0.15, -0.1) is 0 Å². The normalized spacial score (nSPS) is 13.4. The average molecular weight is 263 g/mol. The molecule has 0 radical (unpaired) electrons. The number of hydrogen-bond acceptors (Lipinski definition) is 3. The summed E-state index contributed by atoms with van der Waals surface area (Å²) in [6.07, 6.45) is 0.852. The van der Waals surface area contributed by atoms with E-state index in [1.165, 1.54) is 5.56 Å². The monoisotopic (exact) mass is 263 g/mol. The smallest absolute Gasteiger partial charge is 0.396 e. The molecule has 0 aromatic heterocycles. The molecule has 0 aliphatic rings. The summed E-state index contributed by atoms with van der Waals surface area (Å²) in [5.74, 6) is -1.25. The summed E-state index contributed by atoms with van der Waals surface area (Å²) in [6, 6.07) is 9.97. The Morgan fingerprint density at radius 1 is 1.21 bits per heavy atom. The molecule has 104 valence electrons. The molecule has 4 nitrogen and oxygen atoms in total. The van der Waals surface area contributed by atoms with Crippen molar-refractivity contribution in [2.45, 2.75) is 33.2 Å². The standard InChI is InChI=1S/C15H21NO3/c1-4-19-15(18)14(17)16-12(3)11(2)10-13-8-6-5-7-9-13/h5-9,11-12H,4,10H2,1-3H3,(H,16,17)/t11-,12-/m1/s1. The van der Waals surface area contributed by atoms with Crippen molar-refractivity contribution in [2.75, 3.05) is 6.61 Å². The lowest BCUT2D eigenvalue weighted by molar-refractivity contribution is -0.155. The number of ether oxygens (including phenoxy) is 1. The Hall–Kier alpha value is -1.84. The summed E-state index contributed by atoms with van der Waals surface area (Å²) < 4.78 is 4.65. The molecule has 2 atom stereocenters. The number of nitrogens with one attached hydrogen (secondary N) is 1. The Labute approximate surface area is 114 Å². The van der Waals surface area contributed by atoms with Gasteiger partial charge in [0.25, 0.3) is 0 Å². The first-order valence-corrected chi connectivity index (χ1v) is 6.56. The van der Waals surface area contributed by atoms with Crippen molar-refractivity contribution in [3.8, 4) is 0 Å². The minimum atomic E-state index is -0.818. The predicted octanol–water partition coefficient (Wildman–Crippen LogP) is 1.93. The Morgan fingerprint density at radius 3 is 2.42 bits per heavy atom. The number of hydrogen-bond donors (Lipinski definition) is 1. The minimum Gasteiger partial charge on any atom is -0.459 e. The molecule has 1 N–H and O–H groups in total. The van der Waals surface area contributed by atoms with Crippen molar-refractivity contribution < 1.29 is 14.3 Å². The van der Waals surface area contributed by atoms with Gasteiger partial charge >= 0.3 is 11.9 Å². The summed E-state index contributed by atoms with van der Waals surface area (Å²) in [5, 5.41) is 2.67. The van der Waals surface area contributed by atoms with E-state index in [9.17, 15) is 9.59 Å². The minimum absolute atomic E-state index is 0.0860. The van der Waals surface area contributed by atoms with E-state index < -0.39 is 11.9 Å². The second-order valence-electron chi connectivity index (χ2n) is 4.65. The van der Waals surface area contributed by atoms with Crippen LogP contribution in [0, 0.1) is 5.92 Å². The molecule has 1 amide bonds. The van der Waals surface area contributed by atoms with Crippen molar-refractivity contribution in [1.82, 2.24) is 5.32 Å². The Kier molecular flexibility index (Phi) is 6.06. The molecule has 0 bridgehead atoms. The van der Waals surface area contributed by atoms with E-state index in [2.05, 4.69) is 22.2 Å². The molecule has 0 saturated carbocycles. The zero-order valence-corrected chi connectivity index (χ0v) is 11.7. The van der Waals surface area contributed by atoms with E-state index in [0.29, 0.717) is 0 Å². The highest BCUT2D eigenvalue weighted by molar-refractivity contribution is 6.32. The van der Waals surface area contributed by atoms with Gasteiger partial charge in [0.15, 0.2) is 0 Å². The Morgan fingerprint density at radius 2 is 1.84 bits per heavy atom. The number of amides is 1. The zero-order chi connectivity index (χ0) is 14.3. The van der Waals surface area contributed by atoms with Gasteiger partial charge in [0.2, 0.25) is 0 Å². The molecular formula is C15H21NO3. The summed E-state index contributed by atoms with van der Waals surface area (Å²) in [4.78, 5) is 22.7. The van der Waals surface area contributed by atoms with Crippen LogP contribution in [-0.2, 0) is 20.7 Å². The van der Waals surface area contributed by atoms with Crippen LogP contribution in [0.2, 0.25) is 0 Å². The third kappa shape index (κ3) is 5.12. The third-order valence-electron chi connectivity index (χ3n) is 3.07. The number of carbonyl (C=O) groups excluding carboxylic acids is 2. The van der Waals surface area contributed by atoms with Crippen molar-refractivity contribution in [3.63, 3.8) is 0 Å². The van der Waals surface area contributed by atoms with Gasteiger partial charge in [0.05, 0.1) is 6.61 Å². The van der Waals surface area contributed by atoms with Crippen LogP contribution in [0.1, 0.15) is 26.3 Å². The van der Waals surface area contributed by atoms with E-state index >= 15 is 0 Å². The molecule has 0 unspecified atom stereocenters. The topological polar surface area (TPSA) is 55.4 Å². The molecule has 0 spiro atoms. The fourth-order valence-electron chi connectivity index (χ4n) is 1.77. The average Bonchev–Trinajstić information content (AvgIpc) is 2.40. The first-order valence-electron chi connectivity index (χ1n) is 6.56. The quantitative estimate of drug-likeness (QED) is 0.652. The maximum absolute atomic E-state index is 11.5. The maximum Gasteiger partial charge on any atom is 0.396 e. The first-order chi connectivity index (χ1) is 9.04. The molecule has 1 aromatic rings. The fraction of sp³-hybridized carbons (Fsp3) is 0.467. The Balaban J connectivity index is 2.46. The molecular weight excluding hydrogens is 242 g/mol. The van der Waals surface area contributed by atoms with Gasteiger partial charge < -0.3 is 10.1 Å². The van der Waals surface area contributed by atoms with Crippen molar-refractivity contribution in [2.24, 2.45) is 5.92 Å². The summed E-state index contributed by atoms with van der Waals surface area (Å²) in [6.45, 7) is 5.82. The molecule has 0 heterocycles. The van der Waals surface area contributed by atoms with Gasteiger partial charge in [-0.3, -0.25) is 4.79 Å². The fourth-order valence-corrected chi connectivity index (χ4v) is 1.77. The highest BCUT2D eigenvalue weighted by Gasteiger charge is 2.20. The lowest BCUT2D eigenvalue weighted by atomic mass is 9.95. The molecule has 4 heteroatoms. The maximum atomic E-state index is 11.5. The molecule has 19 heavy (non-hydrogen) atoms. The predicted molar refractivity (Wildman–Crippen MR) is 73.5 cm³/mol. The molecule has 0 saturated heterocycles. The van der Waals surface area contributed by atoms with Crippen molar-refractivity contribution in [1.29, 1.82) is 0 Å². The van der Waals surface area contributed by atoms with Gasteiger partial charge in [0, 0.05) is 6.04 Å². The zero-order valence-electron chi connectivity index (χ0n) is 11.7. The SMILES string of the molecule is CCOC(=O)C(=O)N[C@H](C)[C@H](C)Cc1ccccc1. The first kappa shape index (κ1) is 15.2. The highest BCUT2D eigenvalue weighted by Crippen LogP contribution is 2.11. The van der Waals surface area contributed by atoms with Gasteiger partial charge in [-0.1, -0.05) is 37.3 Å². The van der Waals surface area contributed by atoms with Crippen LogP contribution in [0.4, 0.5) is 0 Å². The molecule has 0 aliphatic carbocycles. The van der Waals surface area contributed by atoms with E-state index in [1.807, 2.05) is 32.0 Å². The third-order valence-corrected chi connectivity index (χ3v) is 3.07. The van der Waals surface area contributed by atoms with Crippen LogP contribution < -0.4 is 5.32 Å². The van der Waals surface area contributed by atoms with Crippen molar-refractivity contribution >= 4 is 11.9 Å². The van der Waals surface area contributed by atoms with E-state index in [-0.39, 0.29) is 18.6 Å². The largest absolute Gasteiger partial charge is 0.459 e. The van der Waals surface area contributed by atoms with Gasteiger partial charge in [-0.2, -0.15) is 0 Å². The lowest BCUT2D eigenvalue weighted by Gasteiger charge is -2.20. The number of rotatable bonds is 5. The summed E-state index contributed by atoms with van der Waals surface area (Å²) in [7, 11) is 0. The second-order valence-corrected chi connectivity index (χ2v) is 4.65. The second kappa shape index (κ2) is 7.56. The molecule has 1 aromatic carbocycles. The van der Waals surface area contributed by atoms with E-state index in [0.717, 1.165) is 6.42 Å². The van der Waals surface area contributed by atoms with Crippen LogP contribution >= 0.6 is 0 Å². The van der Waals surface area contributed by atoms with Crippen LogP contribution in [0.15, 0.2) is 30.3 Å². The number of benzene rings is 1. The summed E-state index contributed by atoms with van der Waals surface area (Å²) >= 11 is 0. The molecule has 0 fully saturated rings.